The van der Waals surface area contributed by atoms with Crippen molar-refractivity contribution in [1.29, 1.82) is 0 Å². The monoisotopic (exact) mass is 363 g/mol. The number of hydrogen-bond donors (Lipinski definition) is 2. The normalized spacial score (nSPS) is 31.2. The van der Waals surface area contributed by atoms with Crippen molar-refractivity contribution >= 4 is 12.4 Å². The lowest BCUT2D eigenvalue weighted by molar-refractivity contribution is -0.122. The van der Waals surface area contributed by atoms with Crippen LogP contribution in [0, 0.1) is 11.8 Å². The number of hydrogen-bond acceptors (Lipinski definition) is 4. The van der Waals surface area contributed by atoms with E-state index < -0.39 is 0 Å². The van der Waals surface area contributed by atoms with Crippen LogP contribution in [0.1, 0.15) is 36.2 Å². The van der Waals surface area contributed by atoms with E-state index in [4.69, 9.17) is 9.90 Å². The van der Waals surface area contributed by atoms with Gasteiger partial charge in [-0.3, -0.25) is 14.5 Å². The summed E-state index contributed by atoms with van der Waals surface area (Å²) >= 11 is 0. The van der Waals surface area contributed by atoms with Gasteiger partial charge in [-0.2, -0.15) is 0 Å². The molecule has 3 fully saturated rings. The fourth-order valence-corrected chi connectivity index (χ4v) is 4.88. The largest absolute Gasteiger partial charge is 0.483 e. The first-order chi connectivity index (χ1) is 12.5. The molecule has 0 aromatic carbocycles. The Morgan fingerprint density at radius 1 is 1.19 bits per heavy atom. The molecular weight excluding hydrogens is 334 g/mol. The van der Waals surface area contributed by atoms with Gasteiger partial charge in [0.1, 0.15) is 5.69 Å². The number of rotatable bonds is 2. The number of carboxylic acid groups (broad SMARTS) is 1. The molecule has 4 rings (SSSR count). The molecule has 0 radical (unpaired) electrons. The average Bonchev–Trinajstić information content (AvgIpc) is 3.34. The van der Waals surface area contributed by atoms with Gasteiger partial charge < -0.3 is 19.7 Å². The lowest BCUT2D eigenvalue weighted by atomic mass is 9.77. The number of amides is 1. The summed E-state index contributed by atoms with van der Waals surface area (Å²) in [4.78, 5) is 25.6. The Morgan fingerprint density at radius 2 is 1.81 bits per heavy atom. The van der Waals surface area contributed by atoms with Gasteiger partial charge in [0.25, 0.3) is 12.4 Å². The molecular formula is C19H29N3O4. The van der Waals surface area contributed by atoms with E-state index >= 15 is 0 Å². The topological polar surface area (TPSA) is 86.0 Å². The van der Waals surface area contributed by atoms with E-state index in [1.807, 2.05) is 34.8 Å². The summed E-state index contributed by atoms with van der Waals surface area (Å²) in [6, 6.07) is 4.12. The molecule has 7 nitrogen and oxygen atoms in total. The number of aryl methyl sites for hydroxylation is 1. The van der Waals surface area contributed by atoms with Crippen LogP contribution in [0.4, 0.5) is 0 Å². The molecule has 3 heterocycles. The van der Waals surface area contributed by atoms with Gasteiger partial charge in [-0.1, -0.05) is 0 Å². The summed E-state index contributed by atoms with van der Waals surface area (Å²) in [6.07, 6.45) is 6.11. The Hall–Kier alpha value is -1.86. The van der Waals surface area contributed by atoms with Crippen molar-refractivity contribution in [1.82, 2.24) is 14.4 Å². The summed E-state index contributed by atoms with van der Waals surface area (Å²) < 4.78 is 1.90. The van der Waals surface area contributed by atoms with Gasteiger partial charge in [-0.05, 0) is 62.7 Å². The van der Waals surface area contributed by atoms with Crippen LogP contribution in [-0.4, -0.2) is 75.3 Å². The van der Waals surface area contributed by atoms with E-state index in [0.29, 0.717) is 17.9 Å². The Kier molecular flexibility index (Phi) is 5.98. The summed E-state index contributed by atoms with van der Waals surface area (Å²) in [7, 11) is 1.92. The van der Waals surface area contributed by atoms with E-state index in [1.165, 1.54) is 12.8 Å². The zero-order valence-corrected chi connectivity index (χ0v) is 15.3. The van der Waals surface area contributed by atoms with Crippen LogP contribution in [-0.2, 0) is 11.8 Å². The van der Waals surface area contributed by atoms with Crippen molar-refractivity contribution in [3.8, 4) is 0 Å². The van der Waals surface area contributed by atoms with Crippen molar-refractivity contribution in [2.24, 2.45) is 18.9 Å². The van der Waals surface area contributed by atoms with Crippen LogP contribution < -0.4 is 0 Å². The zero-order valence-electron chi connectivity index (χ0n) is 15.3. The summed E-state index contributed by atoms with van der Waals surface area (Å²) in [5, 5.41) is 17.5. The van der Waals surface area contributed by atoms with Gasteiger partial charge >= 0.3 is 0 Å². The Bertz CT molecular complexity index is 626. The Balaban J connectivity index is 0.000000613. The van der Waals surface area contributed by atoms with Crippen molar-refractivity contribution in [2.75, 3.05) is 26.2 Å². The first-order valence-electron chi connectivity index (χ1n) is 9.45. The van der Waals surface area contributed by atoms with Crippen LogP contribution in [0.15, 0.2) is 18.3 Å². The van der Waals surface area contributed by atoms with Gasteiger partial charge in [0.2, 0.25) is 0 Å². The molecule has 2 N–H and O–H groups in total. The number of carbonyl (C=O) groups excluding carboxylic acids is 1. The quantitative estimate of drug-likeness (QED) is 0.767. The fourth-order valence-electron chi connectivity index (χ4n) is 4.88. The number of aliphatic hydroxyl groups is 1. The van der Waals surface area contributed by atoms with E-state index in [-0.39, 0.29) is 18.5 Å². The van der Waals surface area contributed by atoms with Crippen molar-refractivity contribution in [3.63, 3.8) is 0 Å². The molecule has 4 atom stereocenters. The third kappa shape index (κ3) is 3.78. The van der Waals surface area contributed by atoms with Crippen molar-refractivity contribution in [2.45, 2.75) is 37.8 Å². The maximum absolute atomic E-state index is 12.7. The number of nitrogens with zero attached hydrogens (tertiary/aromatic N) is 3. The molecule has 144 valence electrons. The highest BCUT2D eigenvalue weighted by Crippen LogP contribution is 2.39. The highest BCUT2D eigenvalue weighted by atomic mass is 16.3. The number of aliphatic hydroxyl groups excluding tert-OH is 1. The van der Waals surface area contributed by atoms with Gasteiger partial charge in [0.05, 0.1) is 6.10 Å². The fraction of sp³-hybridized carbons (Fsp3) is 0.684. The first kappa shape index (κ1) is 18.9. The smallest absolute Gasteiger partial charge is 0.290 e. The molecule has 3 aliphatic rings. The number of fused-ring (bicyclic) bond motifs is 1. The predicted octanol–water partition coefficient (Wildman–Crippen LogP) is 1.03. The van der Waals surface area contributed by atoms with Gasteiger partial charge in [0.15, 0.2) is 0 Å². The molecule has 26 heavy (non-hydrogen) atoms. The summed E-state index contributed by atoms with van der Waals surface area (Å²) in [5.74, 6) is 1.15. The average molecular weight is 363 g/mol. The zero-order chi connectivity index (χ0) is 18.7. The Morgan fingerprint density at radius 3 is 2.38 bits per heavy atom. The van der Waals surface area contributed by atoms with E-state index in [9.17, 15) is 9.90 Å². The van der Waals surface area contributed by atoms with Crippen molar-refractivity contribution in [3.05, 3.63) is 24.0 Å². The molecule has 1 aromatic heterocycles. The van der Waals surface area contributed by atoms with Crippen LogP contribution in [0.25, 0.3) is 0 Å². The number of carbonyl (C=O) groups is 2. The summed E-state index contributed by atoms with van der Waals surface area (Å²) in [5.41, 5.74) is 0.764. The van der Waals surface area contributed by atoms with Crippen LogP contribution in [0.2, 0.25) is 0 Å². The van der Waals surface area contributed by atoms with Crippen LogP contribution >= 0.6 is 0 Å². The minimum absolute atomic E-state index is 0.138. The molecule has 7 heteroatoms. The second-order valence-electron chi connectivity index (χ2n) is 7.69. The maximum Gasteiger partial charge on any atom is 0.290 e. The minimum atomic E-state index is -0.250. The lowest BCUT2D eigenvalue weighted by Crippen LogP contribution is -2.48. The molecule has 1 saturated carbocycles. The van der Waals surface area contributed by atoms with Gasteiger partial charge in [-0.25, -0.2) is 0 Å². The number of aromatic nitrogens is 1. The molecule has 0 unspecified atom stereocenters. The second kappa shape index (κ2) is 8.22. The highest BCUT2D eigenvalue weighted by molar-refractivity contribution is 5.93. The molecule has 2 aliphatic heterocycles. The van der Waals surface area contributed by atoms with Crippen LogP contribution in [0.5, 0.6) is 0 Å². The lowest BCUT2D eigenvalue weighted by Gasteiger charge is -2.40. The minimum Gasteiger partial charge on any atom is -0.483 e. The molecule has 1 amide bonds. The predicted molar refractivity (Wildman–Crippen MR) is 96.8 cm³/mol. The molecule has 2 saturated heterocycles. The third-order valence-electron chi connectivity index (χ3n) is 6.17. The van der Waals surface area contributed by atoms with Crippen molar-refractivity contribution < 1.29 is 19.8 Å². The molecule has 1 aromatic rings. The van der Waals surface area contributed by atoms with Gasteiger partial charge in [0, 0.05) is 32.4 Å². The van der Waals surface area contributed by atoms with E-state index in [0.717, 1.165) is 44.7 Å². The third-order valence-corrected chi connectivity index (χ3v) is 6.17. The van der Waals surface area contributed by atoms with E-state index in [2.05, 4.69) is 4.90 Å². The summed E-state index contributed by atoms with van der Waals surface area (Å²) in [6.45, 7) is 3.67. The maximum atomic E-state index is 12.7. The van der Waals surface area contributed by atoms with Crippen LogP contribution in [0.3, 0.4) is 0 Å². The highest BCUT2D eigenvalue weighted by Gasteiger charge is 2.45. The SMILES string of the molecule is Cn1cccc1C(=O)N1C[C@H]2C[C@@H](N3CCCC3)[C@H](O)C[C@H]2C1.O=CO. The molecule has 0 bridgehead atoms. The molecule has 0 spiro atoms. The number of likely N-dealkylation sites (tertiary alicyclic amines) is 2. The Labute approximate surface area is 154 Å². The standard InChI is InChI=1S/C18H27N3O2.CH2O2/c1-19-6-4-5-15(19)18(23)21-11-13-9-16(20-7-2-3-8-20)17(22)10-14(13)12-21;2-1-3/h4-6,13-14,16-17,22H,2-3,7-12H2,1H3;1H,(H,2,3)/t13-,14+,16-,17-;/m1./s1. The second-order valence-corrected chi connectivity index (χ2v) is 7.69. The first-order valence-corrected chi connectivity index (χ1v) is 9.45. The van der Waals surface area contributed by atoms with Gasteiger partial charge in [-0.15, -0.1) is 0 Å². The molecule has 1 aliphatic carbocycles. The van der Waals surface area contributed by atoms with E-state index in [1.54, 1.807) is 0 Å².